The Hall–Kier alpha value is -3.49. The maximum Gasteiger partial charge on any atom is 0.390 e. The number of rotatable bonds is 6. The SMILES string of the molecule is Cc1onc(C(=O)N2CCC(Cc3ccccc3)CC2)c1Cn1nc([N+](=O)[O-])cc1C. The molecule has 0 unspecified atom stereocenters. The molecule has 3 heterocycles. The van der Waals surface area contributed by atoms with Crippen molar-refractivity contribution in [2.45, 2.75) is 39.7 Å². The summed E-state index contributed by atoms with van der Waals surface area (Å²) in [4.78, 5) is 25.4. The lowest BCUT2D eigenvalue weighted by Crippen LogP contribution is -2.39. The highest BCUT2D eigenvalue weighted by Gasteiger charge is 2.29. The van der Waals surface area contributed by atoms with Crippen molar-refractivity contribution in [3.8, 4) is 0 Å². The number of carbonyl (C=O) groups is 1. The molecule has 1 saturated heterocycles. The Morgan fingerprint density at radius 1 is 1.23 bits per heavy atom. The number of carbonyl (C=O) groups excluding carboxylic acids is 1. The van der Waals surface area contributed by atoms with E-state index >= 15 is 0 Å². The second-order valence-electron chi connectivity index (χ2n) is 8.05. The molecule has 1 fully saturated rings. The number of nitro groups is 1. The van der Waals surface area contributed by atoms with Gasteiger partial charge in [0.1, 0.15) is 5.76 Å². The summed E-state index contributed by atoms with van der Waals surface area (Å²) in [6, 6.07) is 11.8. The van der Waals surface area contributed by atoms with Gasteiger partial charge in [0.2, 0.25) is 0 Å². The molecule has 0 spiro atoms. The Morgan fingerprint density at radius 2 is 1.94 bits per heavy atom. The minimum Gasteiger partial charge on any atom is -0.361 e. The first-order chi connectivity index (χ1) is 14.9. The normalized spacial score (nSPS) is 14.7. The molecule has 1 amide bonds. The van der Waals surface area contributed by atoms with E-state index in [1.165, 1.54) is 16.3 Å². The van der Waals surface area contributed by atoms with Crippen LogP contribution in [0.15, 0.2) is 40.9 Å². The molecule has 3 aromatic rings. The van der Waals surface area contributed by atoms with Gasteiger partial charge < -0.3 is 19.5 Å². The molecule has 0 N–H and O–H groups in total. The van der Waals surface area contributed by atoms with Gasteiger partial charge in [0.25, 0.3) is 5.91 Å². The number of benzene rings is 1. The summed E-state index contributed by atoms with van der Waals surface area (Å²) < 4.78 is 6.80. The van der Waals surface area contributed by atoms with Crippen LogP contribution in [-0.2, 0) is 13.0 Å². The average Bonchev–Trinajstić information content (AvgIpc) is 3.32. The highest BCUT2D eigenvalue weighted by atomic mass is 16.6. The van der Waals surface area contributed by atoms with Gasteiger partial charge in [-0.1, -0.05) is 35.5 Å². The minimum absolute atomic E-state index is 0.163. The molecule has 0 atom stereocenters. The Bertz CT molecular complexity index is 1080. The van der Waals surface area contributed by atoms with Crippen molar-refractivity contribution in [3.05, 3.63) is 74.8 Å². The van der Waals surface area contributed by atoms with Crippen LogP contribution in [0.2, 0.25) is 0 Å². The third-order valence-electron chi connectivity index (χ3n) is 5.92. The fourth-order valence-corrected chi connectivity index (χ4v) is 4.07. The number of amides is 1. The summed E-state index contributed by atoms with van der Waals surface area (Å²) in [6.45, 7) is 5.02. The van der Waals surface area contributed by atoms with Crippen LogP contribution in [-0.4, -0.2) is 43.8 Å². The van der Waals surface area contributed by atoms with E-state index in [2.05, 4.69) is 34.5 Å². The summed E-state index contributed by atoms with van der Waals surface area (Å²) in [7, 11) is 0. The molecule has 9 nitrogen and oxygen atoms in total. The molecule has 1 aliphatic heterocycles. The van der Waals surface area contributed by atoms with Crippen molar-refractivity contribution in [2.24, 2.45) is 5.92 Å². The van der Waals surface area contributed by atoms with Gasteiger partial charge in [-0.05, 0) is 49.5 Å². The standard InChI is InChI=1S/C22H25N5O4/c1-15-12-20(27(29)30)23-26(15)14-19-16(2)31-24-21(19)22(28)25-10-8-18(9-11-25)13-17-6-4-3-5-7-17/h3-7,12,18H,8-11,13-14H2,1-2H3. The van der Waals surface area contributed by atoms with Crippen molar-refractivity contribution in [3.63, 3.8) is 0 Å². The van der Waals surface area contributed by atoms with E-state index in [1.807, 2.05) is 11.0 Å². The van der Waals surface area contributed by atoms with E-state index in [9.17, 15) is 14.9 Å². The van der Waals surface area contributed by atoms with E-state index in [-0.39, 0.29) is 24.0 Å². The quantitative estimate of drug-likeness (QED) is 0.443. The van der Waals surface area contributed by atoms with Crippen molar-refractivity contribution in [1.82, 2.24) is 19.8 Å². The van der Waals surface area contributed by atoms with Crippen LogP contribution in [0.25, 0.3) is 0 Å². The summed E-state index contributed by atoms with van der Waals surface area (Å²) >= 11 is 0. The molecule has 9 heteroatoms. The summed E-state index contributed by atoms with van der Waals surface area (Å²) in [5.74, 6) is 0.682. The van der Waals surface area contributed by atoms with Crippen molar-refractivity contribution < 1.29 is 14.2 Å². The lowest BCUT2D eigenvalue weighted by molar-refractivity contribution is -0.389. The first kappa shape index (κ1) is 20.8. The fourth-order valence-electron chi connectivity index (χ4n) is 4.07. The van der Waals surface area contributed by atoms with Crippen molar-refractivity contribution in [1.29, 1.82) is 0 Å². The molecule has 0 aliphatic carbocycles. The summed E-state index contributed by atoms with van der Waals surface area (Å²) in [6.07, 6.45) is 2.91. The highest BCUT2D eigenvalue weighted by molar-refractivity contribution is 5.93. The van der Waals surface area contributed by atoms with E-state index in [0.29, 0.717) is 36.0 Å². The molecule has 1 aromatic carbocycles. The number of nitrogens with zero attached hydrogens (tertiary/aromatic N) is 5. The van der Waals surface area contributed by atoms with E-state index in [1.54, 1.807) is 13.8 Å². The van der Waals surface area contributed by atoms with E-state index in [4.69, 9.17) is 4.52 Å². The molecule has 0 bridgehead atoms. The minimum atomic E-state index is -0.532. The van der Waals surface area contributed by atoms with Crippen LogP contribution in [0, 0.1) is 29.9 Å². The van der Waals surface area contributed by atoms with Gasteiger partial charge in [-0.3, -0.25) is 4.79 Å². The third-order valence-corrected chi connectivity index (χ3v) is 5.92. The van der Waals surface area contributed by atoms with Crippen molar-refractivity contribution in [2.75, 3.05) is 13.1 Å². The van der Waals surface area contributed by atoms with Gasteiger partial charge in [0.05, 0.1) is 29.0 Å². The summed E-state index contributed by atoms with van der Waals surface area (Å²) in [5.41, 5.74) is 2.83. The van der Waals surface area contributed by atoms with Crippen LogP contribution in [0.4, 0.5) is 5.82 Å². The maximum absolute atomic E-state index is 13.2. The lowest BCUT2D eigenvalue weighted by atomic mass is 9.90. The summed E-state index contributed by atoms with van der Waals surface area (Å²) in [5, 5.41) is 19.0. The number of hydrogen-bond acceptors (Lipinski definition) is 6. The van der Waals surface area contributed by atoms with Crippen LogP contribution in [0.1, 0.15) is 45.9 Å². The second kappa shape index (κ2) is 8.71. The van der Waals surface area contributed by atoms with Gasteiger partial charge in [-0.2, -0.15) is 4.68 Å². The van der Waals surface area contributed by atoms with Gasteiger partial charge in [0.15, 0.2) is 5.69 Å². The predicted octanol–water partition coefficient (Wildman–Crippen LogP) is 3.54. The topological polar surface area (TPSA) is 107 Å². The number of aromatic nitrogens is 3. The first-order valence-electron chi connectivity index (χ1n) is 10.4. The van der Waals surface area contributed by atoms with Gasteiger partial charge in [-0.25, -0.2) is 0 Å². The maximum atomic E-state index is 13.2. The number of piperidine rings is 1. The zero-order valence-corrected chi connectivity index (χ0v) is 17.7. The monoisotopic (exact) mass is 423 g/mol. The Morgan fingerprint density at radius 3 is 2.58 bits per heavy atom. The molecular formula is C22H25N5O4. The molecule has 2 aromatic heterocycles. The van der Waals surface area contributed by atoms with Crippen LogP contribution in [0.5, 0.6) is 0 Å². The van der Waals surface area contributed by atoms with Crippen LogP contribution in [0.3, 0.4) is 0 Å². The Labute approximate surface area is 179 Å². The Balaban J connectivity index is 1.44. The number of likely N-dealkylation sites (tertiary alicyclic amines) is 1. The van der Waals surface area contributed by atoms with Gasteiger partial charge in [-0.15, -0.1) is 0 Å². The zero-order chi connectivity index (χ0) is 22.0. The predicted molar refractivity (Wildman–Crippen MR) is 113 cm³/mol. The van der Waals surface area contributed by atoms with Gasteiger partial charge >= 0.3 is 5.82 Å². The van der Waals surface area contributed by atoms with Crippen LogP contribution < -0.4 is 0 Å². The average molecular weight is 423 g/mol. The highest BCUT2D eigenvalue weighted by Crippen LogP contribution is 2.25. The molecular weight excluding hydrogens is 398 g/mol. The zero-order valence-electron chi connectivity index (χ0n) is 17.7. The molecule has 1 aliphatic rings. The molecule has 162 valence electrons. The van der Waals surface area contributed by atoms with Crippen molar-refractivity contribution >= 4 is 11.7 Å². The smallest absolute Gasteiger partial charge is 0.361 e. The van der Waals surface area contributed by atoms with E-state index < -0.39 is 4.92 Å². The third kappa shape index (κ3) is 4.50. The molecule has 0 radical (unpaired) electrons. The fraction of sp³-hybridized carbons (Fsp3) is 0.409. The van der Waals surface area contributed by atoms with Gasteiger partial charge in [0, 0.05) is 13.1 Å². The number of hydrogen-bond donors (Lipinski definition) is 0. The molecule has 0 saturated carbocycles. The van der Waals surface area contributed by atoms with E-state index in [0.717, 1.165) is 19.3 Å². The first-order valence-corrected chi connectivity index (χ1v) is 10.4. The molecule has 4 rings (SSSR count). The van der Waals surface area contributed by atoms with Crippen LogP contribution >= 0.6 is 0 Å². The number of aryl methyl sites for hydroxylation is 2. The molecule has 31 heavy (non-hydrogen) atoms. The second-order valence-corrected chi connectivity index (χ2v) is 8.05. The Kier molecular flexibility index (Phi) is 5.83. The lowest BCUT2D eigenvalue weighted by Gasteiger charge is -2.31. The largest absolute Gasteiger partial charge is 0.390 e.